The lowest BCUT2D eigenvalue weighted by Gasteiger charge is -2.38. The standard InChI is InChI=1S/C13H22BNO5/c1-12(2,16)13(3,4)20-14(17)10-6-11(8-15-7-10)19-9-18-5/h6-8,16-17H,9H2,1-5H3. The van der Waals surface area contributed by atoms with Crippen molar-refractivity contribution < 1.29 is 24.3 Å². The van der Waals surface area contributed by atoms with Gasteiger partial charge in [-0.05, 0) is 33.8 Å². The van der Waals surface area contributed by atoms with Crippen LogP contribution in [0.3, 0.4) is 0 Å². The molecular formula is C13H22BNO5. The molecular weight excluding hydrogens is 261 g/mol. The van der Waals surface area contributed by atoms with E-state index in [-0.39, 0.29) is 6.79 Å². The molecule has 0 atom stereocenters. The van der Waals surface area contributed by atoms with E-state index in [2.05, 4.69) is 4.98 Å². The molecule has 0 aliphatic rings. The summed E-state index contributed by atoms with van der Waals surface area (Å²) in [5.41, 5.74) is -1.60. The molecule has 2 N–H and O–H groups in total. The zero-order valence-electron chi connectivity index (χ0n) is 12.6. The third kappa shape index (κ3) is 4.45. The quantitative estimate of drug-likeness (QED) is 0.554. The van der Waals surface area contributed by atoms with Crippen LogP contribution in [0, 0.1) is 0 Å². The number of aromatic nitrogens is 1. The normalized spacial score (nSPS) is 12.3. The van der Waals surface area contributed by atoms with Gasteiger partial charge in [-0.3, -0.25) is 4.98 Å². The molecule has 112 valence electrons. The summed E-state index contributed by atoms with van der Waals surface area (Å²) < 4.78 is 15.6. The van der Waals surface area contributed by atoms with Gasteiger partial charge in [-0.1, -0.05) is 0 Å². The third-order valence-corrected chi connectivity index (χ3v) is 3.24. The lowest BCUT2D eigenvalue weighted by atomic mass is 9.77. The van der Waals surface area contributed by atoms with Gasteiger partial charge >= 0.3 is 7.12 Å². The molecule has 1 aromatic heterocycles. The SMILES string of the molecule is COCOc1cncc(B(O)OC(C)(C)C(C)(C)O)c1. The first-order valence-corrected chi connectivity index (χ1v) is 6.32. The molecule has 0 amide bonds. The molecule has 0 aromatic carbocycles. The number of methoxy groups -OCH3 is 1. The number of hydrogen-bond donors (Lipinski definition) is 2. The van der Waals surface area contributed by atoms with Crippen molar-refractivity contribution in [1.82, 2.24) is 4.98 Å². The van der Waals surface area contributed by atoms with E-state index in [9.17, 15) is 10.1 Å². The minimum atomic E-state index is -1.21. The van der Waals surface area contributed by atoms with Crippen LogP contribution in [0.1, 0.15) is 27.7 Å². The van der Waals surface area contributed by atoms with Gasteiger partial charge in [0.05, 0.1) is 17.4 Å². The topological polar surface area (TPSA) is 81.0 Å². The van der Waals surface area contributed by atoms with Crippen molar-refractivity contribution in [3.05, 3.63) is 18.5 Å². The highest BCUT2D eigenvalue weighted by Gasteiger charge is 2.39. The highest BCUT2D eigenvalue weighted by molar-refractivity contribution is 6.60. The maximum absolute atomic E-state index is 10.1. The molecule has 1 heterocycles. The Bertz CT molecular complexity index is 433. The van der Waals surface area contributed by atoms with Crippen LogP contribution in [0.25, 0.3) is 0 Å². The molecule has 0 fully saturated rings. The number of rotatable bonds is 7. The lowest BCUT2D eigenvalue weighted by molar-refractivity contribution is -0.0982. The zero-order valence-corrected chi connectivity index (χ0v) is 12.6. The highest BCUT2D eigenvalue weighted by atomic mass is 16.7. The Morgan fingerprint density at radius 2 is 1.90 bits per heavy atom. The maximum Gasteiger partial charge on any atom is 0.493 e. The van der Waals surface area contributed by atoms with Gasteiger partial charge < -0.3 is 24.3 Å². The first kappa shape index (κ1) is 16.9. The molecule has 0 aliphatic carbocycles. The van der Waals surface area contributed by atoms with E-state index < -0.39 is 18.3 Å². The van der Waals surface area contributed by atoms with Gasteiger partial charge in [-0.25, -0.2) is 0 Å². The van der Waals surface area contributed by atoms with Gasteiger partial charge in [0.25, 0.3) is 0 Å². The van der Waals surface area contributed by atoms with E-state index in [1.165, 1.54) is 19.5 Å². The molecule has 0 saturated heterocycles. The Labute approximate surface area is 119 Å². The van der Waals surface area contributed by atoms with Crippen molar-refractivity contribution in [2.24, 2.45) is 0 Å². The van der Waals surface area contributed by atoms with E-state index in [1.54, 1.807) is 33.8 Å². The van der Waals surface area contributed by atoms with Crippen molar-refractivity contribution in [2.75, 3.05) is 13.9 Å². The van der Waals surface area contributed by atoms with Crippen LogP contribution in [-0.4, -0.2) is 47.3 Å². The van der Waals surface area contributed by atoms with Crippen molar-refractivity contribution in [2.45, 2.75) is 38.9 Å². The average Bonchev–Trinajstić information content (AvgIpc) is 2.35. The van der Waals surface area contributed by atoms with Crippen LogP contribution in [0.2, 0.25) is 0 Å². The molecule has 0 aliphatic heterocycles. The van der Waals surface area contributed by atoms with Crippen molar-refractivity contribution in [3.8, 4) is 5.75 Å². The Morgan fingerprint density at radius 1 is 1.25 bits per heavy atom. The van der Waals surface area contributed by atoms with Crippen LogP contribution < -0.4 is 10.2 Å². The molecule has 7 heteroatoms. The Hall–Kier alpha value is -1.15. The molecule has 1 aromatic rings. The number of pyridine rings is 1. The van der Waals surface area contributed by atoms with E-state index in [0.717, 1.165) is 0 Å². The summed E-state index contributed by atoms with van der Waals surface area (Å²) in [4.78, 5) is 3.97. The van der Waals surface area contributed by atoms with Crippen LogP contribution in [0.15, 0.2) is 18.5 Å². The second-order valence-electron chi connectivity index (χ2n) is 5.54. The largest absolute Gasteiger partial charge is 0.493 e. The average molecular weight is 283 g/mol. The molecule has 6 nitrogen and oxygen atoms in total. The van der Waals surface area contributed by atoms with Gasteiger partial charge in [0.2, 0.25) is 0 Å². The molecule has 20 heavy (non-hydrogen) atoms. The summed E-state index contributed by atoms with van der Waals surface area (Å²) in [7, 11) is 0.302. The monoisotopic (exact) mass is 283 g/mol. The van der Waals surface area contributed by atoms with Crippen LogP contribution in [0.4, 0.5) is 0 Å². The molecule has 0 spiro atoms. The van der Waals surface area contributed by atoms with Crippen LogP contribution in [0.5, 0.6) is 5.75 Å². The summed E-state index contributed by atoms with van der Waals surface area (Å²) in [5, 5.41) is 20.1. The minimum absolute atomic E-state index is 0.0945. The minimum Gasteiger partial charge on any atom is -0.466 e. The number of nitrogens with zero attached hydrogens (tertiary/aromatic N) is 1. The lowest BCUT2D eigenvalue weighted by Crippen LogP contribution is -2.53. The van der Waals surface area contributed by atoms with Crippen molar-refractivity contribution >= 4 is 12.6 Å². The van der Waals surface area contributed by atoms with Crippen molar-refractivity contribution in [3.63, 3.8) is 0 Å². The Morgan fingerprint density at radius 3 is 2.45 bits per heavy atom. The second kappa shape index (κ2) is 6.54. The van der Waals surface area contributed by atoms with Crippen molar-refractivity contribution in [1.29, 1.82) is 0 Å². The van der Waals surface area contributed by atoms with E-state index in [0.29, 0.717) is 11.2 Å². The van der Waals surface area contributed by atoms with Gasteiger partial charge in [0.15, 0.2) is 6.79 Å². The van der Waals surface area contributed by atoms with Gasteiger partial charge in [-0.2, -0.15) is 0 Å². The summed E-state index contributed by atoms with van der Waals surface area (Å²) >= 11 is 0. The van der Waals surface area contributed by atoms with Crippen LogP contribution >= 0.6 is 0 Å². The van der Waals surface area contributed by atoms with E-state index >= 15 is 0 Å². The van der Waals surface area contributed by atoms with Gasteiger partial charge in [0.1, 0.15) is 5.75 Å². The maximum atomic E-state index is 10.1. The number of aliphatic hydroxyl groups is 1. The molecule has 0 unspecified atom stereocenters. The Kier molecular flexibility index (Phi) is 5.53. The summed E-state index contributed by atoms with van der Waals surface area (Å²) in [5.74, 6) is 0.466. The smallest absolute Gasteiger partial charge is 0.466 e. The van der Waals surface area contributed by atoms with E-state index in [4.69, 9.17) is 14.1 Å². The first-order chi connectivity index (χ1) is 9.17. The fourth-order valence-corrected chi connectivity index (χ4v) is 1.27. The predicted molar refractivity (Wildman–Crippen MR) is 75.8 cm³/mol. The number of ether oxygens (including phenoxy) is 2. The third-order valence-electron chi connectivity index (χ3n) is 3.24. The number of hydrogen-bond acceptors (Lipinski definition) is 6. The fraction of sp³-hybridized carbons (Fsp3) is 0.615. The first-order valence-electron chi connectivity index (χ1n) is 6.32. The second-order valence-corrected chi connectivity index (χ2v) is 5.54. The van der Waals surface area contributed by atoms with Crippen LogP contribution in [-0.2, 0) is 9.39 Å². The zero-order chi connectivity index (χ0) is 15.4. The van der Waals surface area contributed by atoms with E-state index in [1.807, 2.05) is 0 Å². The fourth-order valence-electron chi connectivity index (χ4n) is 1.27. The van der Waals surface area contributed by atoms with Gasteiger partial charge in [-0.15, -0.1) is 0 Å². The molecule has 0 bridgehead atoms. The molecule has 1 rings (SSSR count). The summed E-state index contributed by atoms with van der Waals surface area (Å²) in [6, 6.07) is 1.61. The predicted octanol–water partition coefficient (Wildman–Crippen LogP) is 0.318. The highest BCUT2D eigenvalue weighted by Crippen LogP contribution is 2.25. The summed E-state index contributed by atoms with van der Waals surface area (Å²) in [6.45, 7) is 6.74. The summed E-state index contributed by atoms with van der Waals surface area (Å²) in [6.07, 6.45) is 2.99. The molecule has 0 saturated carbocycles. The van der Waals surface area contributed by atoms with Gasteiger partial charge in [0, 0.05) is 18.8 Å². The Balaban J connectivity index is 2.79. The molecule has 0 radical (unpaired) electrons.